The summed E-state index contributed by atoms with van der Waals surface area (Å²) in [4.78, 5) is 0. The van der Waals surface area contributed by atoms with Gasteiger partial charge in [0, 0.05) is 6.61 Å². The zero-order valence-corrected chi connectivity index (χ0v) is 7.38. The zero-order chi connectivity index (χ0) is 8.44. The van der Waals surface area contributed by atoms with Gasteiger partial charge in [0.2, 0.25) is 0 Å². The molecular formula is C10H16O2. The van der Waals surface area contributed by atoms with E-state index in [0.29, 0.717) is 0 Å². The Morgan fingerprint density at radius 3 is 3.08 bits per heavy atom. The van der Waals surface area contributed by atoms with Crippen LogP contribution in [0.2, 0.25) is 0 Å². The highest BCUT2D eigenvalue weighted by Crippen LogP contribution is 2.38. The van der Waals surface area contributed by atoms with Crippen molar-refractivity contribution in [3.8, 4) is 0 Å². The standard InChI is InChI=1S/C10H16O2/c11-8-9-3-1-4-10(7-9)5-2-6-12-10/h3,11H,1-2,4-8H2. The van der Waals surface area contributed by atoms with E-state index in [2.05, 4.69) is 6.08 Å². The molecule has 0 amide bonds. The number of hydrogen-bond acceptors (Lipinski definition) is 2. The predicted octanol–water partition coefficient (Wildman–Crippen LogP) is 1.64. The Kier molecular flexibility index (Phi) is 2.20. The minimum absolute atomic E-state index is 0.118. The van der Waals surface area contributed by atoms with E-state index in [1.54, 1.807) is 0 Å². The van der Waals surface area contributed by atoms with E-state index >= 15 is 0 Å². The van der Waals surface area contributed by atoms with Crippen LogP contribution in [0.3, 0.4) is 0 Å². The highest BCUT2D eigenvalue weighted by Gasteiger charge is 2.36. The molecule has 1 unspecified atom stereocenters. The summed E-state index contributed by atoms with van der Waals surface area (Å²) >= 11 is 0. The van der Waals surface area contributed by atoms with Crippen LogP contribution in [-0.2, 0) is 4.74 Å². The quantitative estimate of drug-likeness (QED) is 0.603. The van der Waals surface area contributed by atoms with Crippen LogP contribution in [-0.4, -0.2) is 23.9 Å². The minimum atomic E-state index is 0.118. The van der Waals surface area contributed by atoms with Crippen LogP contribution in [0.15, 0.2) is 11.6 Å². The summed E-state index contributed by atoms with van der Waals surface area (Å²) < 4.78 is 5.76. The van der Waals surface area contributed by atoms with Gasteiger partial charge in [-0.2, -0.15) is 0 Å². The number of hydrogen-bond donors (Lipinski definition) is 1. The first kappa shape index (κ1) is 8.27. The van der Waals surface area contributed by atoms with Gasteiger partial charge >= 0.3 is 0 Å². The summed E-state index contributed by atoms with van der Waals surface area (Å²) in [7, 11) is 0. The third kappa shape index (κ3) is 1.41. The van der Waals surface area contributed by atoms with Crippen molar-refractivity contribution in [2.75, 3.05) is 13.2 Å². The normalized spacial score (nSPS) is 35.6. The summed E-state index contributed by atoms with van der Waals surface area (Å²) in [6.07, 6.45) is 7.73. The summed E-state index contributed by atoms with van der Waals surface area (Å²) in [5, 5.41) is 9.01. The molecule has 1 aliphatic carbocycles. The molecule has 1 fully saturated rings. The molecule has 2 heteroatoms. The summed E-state index contributed by atoms with van der Waals surface area (Å²) in [5.74, 6) is 0. The molecule has 0 aromatic rings. The molecule has 1 N–H and O–H groups in total. The molecule has 0 aromatic heterocycles. The molecule has 1 saturated heterocycles. The van der Waals surface area contributed by atoms with E-state index in [1.807, 2.05) is 0 Å². The smallest absolute Gasteiger partial charge is 0.0724 e. The number of rotatable bonds is 1. The van der Waals surface area contributed by atoms with Gasteiger partial charge in [-0.1, -0.05) is 6.08 Å². The molecule has 12 heavy (non-hydrogen) atoms. The lowest BCUT2D eigenvalue weighted by atomic mass is 9.83. The second-order valence-electron chi connectivity index (χ2n) is 3.87. The maximum absolute atomic E-state index is 9.01. The summed E-state index contributed by atoms with van der Waals surface area (Å²) in [6, 6.07) is 0. The van der Waals surface area contributed by atoms with Crippen molar-refractivity contribution in [1.29, 1.82) is 0 Å². The molecule has 1 aliphatic heterocycles. The molecule has 68 valence electrons. The predicted molar refractivity (Wildman–Crippen MR) is 46.9 cm³/mol. The topological polar surface area (TPSA) is 29.5 Å². The average Bonchev–Trinajstić information content (AvgIpc) is 2.53. The van der Waals surface area contributed by atoms with Crippen LogP contribution in [0, 0.1) is 0 Å². The van der Waals surface area contributed by atoms with Gasteiger partial charge in [0.05, 0.1) is 12.2 Å². The number of aliphatic hydroxyl groups is 1. The van der Waals surface area contributed by atoms with Crippen molar-refractivity contribution in [3.63, 3.8) is 0 Å². The third-order valence-electron chi connectivity index (χ3n) is 2.97. The fourth-order valence-electron chi connectivity index (χ4n) is 2.33. The number of aliphatic hydroxyl groups excluding tert-OH is 1. The first-order valence-electron chi connectivity index (χ1n) is 4.77. The second kappa shape index (κ2) is 3.19. The fourth-order valence-corrected chi connectivity index (χ4v) is 2.33. The number of ether oxygens (including phenoxy) is 1. The lowest BCUT2D eigenvalue weighted by molar-refractivity contribution is -0.00718. The highest BCUT2D eigenvalue weighted by molar-refractivity contribution is 5.12. The third-order valence-corrected chi connectivity index (χ3v) is 2.97. The SMILES string of the molecule is OCC1=CCCC2(CCCO2)C1. The summed E-state index contributed by atoms with van der Waals surface area (Å²) in [6.45, 7) is 1.13. The van der Waals surface area contributed by atoms with Gasteiger partial charge in [0.25, 0.3) is 0 Å². The molecule has 0 radical (unpaired) electrons. The Labute approximate surface area is 73.2 Å². The zero-order valence-electron chi connectivity index (χ0n) is 7.38. The molecular weight excluding hydrogens is 152 g/mol. The highest BCUT2D eigenvalue weighted by atomic mass is 16.5. The molecule has 0 saturated carbocycles. The van der Waals surface area contributed by atoms with Gasteiger partial charge in [-0.05, 0) is 37.7 Å². The average molecular weight is 168 g/mol. The fraction of sp³-hybridized carbons (Fsp3) is 0.800. The Morgan fingerprint density at radius 1 is 1.50 bits per heavy atom. The van der Waals surface area contributed by atoms with Crippen molar-refractivity contribution < 1.29 is 9.84 Å². The molecule has 0 aromatic carbocycles. The van der Waals surface area contributed by atoms with Crippen LogP contribution in [0.25, 0.3) is 0 Å². The Morgan fingerprint density at radius 2 is 2.42 bits per heavy atom. The van der Waals surface area contributed by atoms with Crippen molar-refractivity contribution >= 4 is 0 Å². The van der Waals surface area contributed by atoms with Crippen LogP contribution < -0.4 is 0 Å². The van der Waals surface area contributed by atoms with Crippen LogP contribution >= 0.6 is 0 Å². The molecule has 2 nitrogen and oxygen atoms in total. The lowest BCUT2D eigenvalue weighted by Crippen LogP contribution is -2.31. The van der Waals surface area contributed by atoms with E-state index in [4.69, 9.17) is 9.84 Å². The largest absolute Gasteiger partial charge is 0.392 e. The van der Waals surface area contributed by atoms with Crippen LogP contribution in [0.5, 0.6) is 0 Å². The van der Waals surface area contributed by atoms with E-state index < -0.39 is 0 Å². The van der Waals surface area contributed by atoms with E-state index in [0.717, 1.165) is 25.9 Å². The van der Waals surface area contributed by atoms with Crippen LogP contribution in [0.4, 0.5) is 0 Å². The van der Waals surface area contributed by atoms with Gasteiger partial charge in [-0.25, -0.2) is 0 Å². The van der Waals surface area contributed by atoms with Crippen molar-refractivity contribution in [2.45, 2.75) is 37.7 Å². The minimum Gasteiger partial charge on any atom is -0.392 e. The molecule has 0 bridgehead atoms. The van der Waals surface area contributed by atoms with Gasteiger partial charge < -0.3 is 9.84 Å². The van der Waals surface area contributed by atoms with Gasteiger partial charge in [0.1, 0.15) is 0 Å². The second-order valence-corrected chi connectivity index (χ2v) is 3.87. The first-order valence-corrected chi connectivity index (χ1v) is 4.77. The van der Waals surface area contributed by atoms with Crippen molar-refractivity contribution in [1.82, 2.24) is 0 Å². The Balaban J connectivity index is 2.06. The Hall–Kier alpha value is -0.340. The Bertz CT molecular complexity index is 190. The molecule has 1 spiro atoms. The van der Waals surface area contributed by atoms with Crippen molar-refractivity contribution in [3.05, 3.63) is 11.6 Å². The van der Waals surface area contributed by atoms with E-state index in [-0.39, 0.29) is 12.2 Å². The monoisotopic (exact) mass is 168 g/mol. The maximum atomic E-state index is 9.01. The lowest BCUT2D eigenvalue weighted by Gasteiger charge is -2.32. The molecule has 1 atom stereocenters. The van der Waals surface area contributed by atoms with Crippen molar-refractivity contribution in [2.24, 2.45) is 0 Å². The molecule has 2 rings (SSSR count). The summed E-state index contributed by atoms with van der Waals surface area (Å²) in [5.41, 5.74) is 1.29. The maximum Gasteiger partial charge on any atom is 0.0724 e. The molecule has 1 heterocycles. The number of allylic oxidation sites excluding steroid dienone is 1. The molecule has 2 aliphatic rings. The van der Waals surface area contributed by atoms with Gasteiger partial charge in [-0.3, -0.25) is 0 Å². The van der Waals surface area contributed by atoms with E-state index in [9.17, 15) is 0 Å². The van der Waals surface area contributed by atoms with Crippen LogP contribution in [0.1, 0.15) is 32.1 Å². The van der Waals surface area contributed by atoms with E-state index in [1.165, 1.54) is 18.4 Å². The van der Waals surface area contributed by atoms with Gasteiger partial charge in [0.15, 0.2) is 0 Å². The first-order chi connectivity index (χ1) is 5.85. The van der Waals surface area contributed by atoms with Gasteiger partial charge in [-0.15, -0.1) is 0 Å².